The van der Waals surface area contributed by atoms with Crippen LogP contribution in [0.2, 0.25) is 0 Å². The van der Waals surface area contributed by atoms with E-state index in [-0.39, 0.29) is 23.9 Å². The Bertz CT molecular complexity index is 920. The average molecular weight is 377 g/mol. The van der Waals surface area contributed by atoms with Crippen LogP contribution < -0.4 is 21.9 Å². The van der Waals surface area contributed by atoms with Gasteiger partial charge < -0.3 is 16.4 Å². The molecule has 0 atom stereocenters. The highest BCUT2D eigenvalue weighted by Gasteiger charge is 2.45. The van der Waals surface area contributed by atoms with Gasteiger partial charge in [0.05, 0.1) is 0 Å². The van der Waals surface area contributed by atoms with E-state index in [2.05, 4.69) is 20.6 Å². The van der Waals surface area contributed by atoms with E-state index in [1.165, 1.54) is 6.33 Å². The number of aromatic nitrogens is 3. The van der Waals surface area contributed by atoms with Crippen LogP contribution in [0.4, 0.5) is 17.3 Å². The van der Waals surface area contributed by atoms with E-state index in [0.29, 0.717) is 23.0 Å². The number of hydrogen-bond donors (Lipinski definition) is 3. The second-order valence-electron chi connectivity index (χ2n) is 6.73. The summed E-state index contributed by atoms with van der Waals surface area (Å²) in [6.45, 7) is 1.84. The van der Waals surface area contributed by atoms with Gasteiger partial charge in [-0.3, -0.25) is 14.2 Å². The molecule has 138 valence electrons. The van der Waals surface area contributed by atoms with Gasteiger partial charge in [-0.2, -0.15) is 0 Å². The molecule has 1 spiro atoms. The second-order valence-corrected chi connectivity index (χ2v) is 6.73. The van der Waals surface area contributed by atoms with Gasteiger partial charge in [-0.15, -0.1) is 12.4 Å². The topological polar surface area (TPSA) is 115 Å². The molecule has 1 aliphatic carbocycles. The highest BCUT2D eigenvalue weighted by Crippen LogP contribution is 2.37. The number of nitrogens with zero attached hydrogens (tertiary/aromatic N) is 3. The molecule has 8 nitrogen and oxygen atoms in total. The lowest BCUT2D eigenvalue weighted by molar-refractivity contribution is 0.0876. The number of nitrogens with two attached hydrogens (primary N) is 1. The van der Waals surface area contributed by atoms with E-state index in [9.17, 15) is 9.59 Å². The summed E-state index contributed by atoms with van der Waals surface area (Å²) in [5.74, 6) is 0.588. The van der Waals surface area contributed by atoms with Gasteiger partial charge in [0.2, 0.25) is 0 Å². The highest BCUT2D eigenvalue weighted by atomic mass is 35.5. The molecule has 2 aromatic heterocycles. The minimum Gasteiger partial charge on any atom is -0.384 e. The first-order valence-electron chi connectivity index (χ1n) is 8.44. The van der Waals surface area contributed by atoms with Crippen LogP contribution in [0.25, 0.3) is 0 Å². The predicted octanol–water partition coefficient (Wildman–Crippen LogP) is 2.05. The fraction of sp³-hybridized carbons (Fsp3) is 0.412. The van der Waals surface area contributed by atoms with Gasteiger partial charge in [0.25, 0.3) is 11.5 Å². The number of anilines is 3. The molecule has 3 heterocycles. The smallest absolute Gasteiger partial charge is 0.276 e. The Labute approximate surface area is 156 Å². The molecular formula is C17H21ClN6O2. The number of carbonyl (C=O) groups excluding carboxylic acids is 1. The second kappa shape index (κ2) is 6.60. The van der Waals surface area contributed by atoms with Gasteiger partial charge in [-0.25, -0.2) is 9.97 Å². The fourth-order valence-electron chi connectivity index (χ4n) is 3.91. The molecule has 1 amide bonds. The third-order valence-corrected chi connectivity index (χ3v) is 5.01. The minimum absolute atomic E-state index is 0. The van der Waals surface area contributed by atoms with Gasteiger partial charge in [0.1, 0.15) is 35.0 Å². The van der Waals surface area contributed by atoms with Crippen molar-refractivity contribution in [3.05, 3.63) is 40.1 Å². The lowest BCUT2D eigenvalue weighted by atomic mass is 9.89. The number of carbonyl (C=O) groups is 1. The first-order chi connectivity index (χ1) is 12.0. The quantitative estimate of drug-likeness (QED) is 0.738. The first-order valence-corrected chi connectivity index (χ1v) is 8.44. The molecule has 0 aromatic carbocycles. The standard InChI is InChI=1S/C17H20N6O2.ClH/c1-10-7-11(21-13-8-12(18)19-9-20-13)16(25)23-14(10)15(24)22-17(23)5-3-2-4-6-17;/h7-9H,2-6H2,1H3,(H,22,24)(H3,18,19,20,21);1H. The fourth-order valence-corrected chi connectivity index (χ4v) is 3.91. The number of amides is 1. The van der Waals surface area contributed by atoms with Crippen LogP contribution in [-0.4, -0.2) is 20.4 Å². The summed E-state index contributed by atoms with van der Waals surface area (Å²) >= 11 is 0. The SMILES string of the molecule is Cc1cc(Nc2cc(N)ncn2)c(=O)n2c1C(=O)NC21CCCCC1.Cl. The first kappa shape index (κ1) is 18.2. The van der Waals surface area contributed by atoms with Crippen molar-refractivity contribution in [1.29, 1.82) is 0 Å². The van der Waals surface area contributed by atoms with E-state index < -0.39 is 5.66 Å². The Kier molecular flexibility index (Phi) is 4.62. The number of aryl methyl sites for hydroxylation is 1. The van der Waals surface area contributed by atoms with Crippen molar-refractivity contribution in [3.8, 4) is 0 Å². The molecule has 1 fully saturated rings. The van der Waals surface area contributed by atoms with Crippen LogP contribution in [0, 0.1) is 6.92 Å². The largest absolute Gasteiger partial charge is 0.384 e. The Hall–Kier alpha value is -2.61. The average Bonchev–Trinajstić information content (AvgIpc) is 2.85. The van der Waals surface area contributed by atoms with Crippen LogP contribution in [0.1, 0.15) is 48.2 Å². The zero-order chi connectivity index (χ0) is 17.6. The van der Waals surface area contributed by atoms with Gasteiger partial charge in [-0.05, 0) is 44.2 Å². The zero-order valence-corrected chi connectivity index (χ0v) is 15.2. The van der Waals surface area contributed by atoms with E-state index in [0.717, 1.165) is 37.7 Å². The maximum Gasteiger partial charge on any atom is 0.276 e. The monoisotopic (exact) mass is 376 g/mol. The molecule has 0 radical (unpaired) electrons. The molecule has 0 bridgehead atoms. The summed E-state index contributed by atoms with van der Waals surface area (Å²) in [5.41, 5.74) is 6.43. The number of pyridine rings is 1. The lowest BCUT2D eigenvalue weighted by Gasteiger charge is -2.35. The number of halogens is 1. The number of nitrogen functional groups attached to an aromatic ring is 1. The van der Waals surface area contributed by atoms with Crippen LogP contribution >= 0.6 is 12.4 Å². The molecular weight excluding hydrogens is 356 g/mol. The third kappa shape index (κ3) is 2.80. The van der Waals surface area contributed by atoms with Crippen molar-refractivity contribution in [3.63, 3.8) is 0 Å². The number of nitrogens with one attached hydrogen (secondary N) is 2. The van der Waals surface area contributed by atoms with Crippen molar-refractivity contribution >= 4 is 35.6 Å². The van der Waals surface area contributed by atoms with Crippen molar-refractivity contribution in [1.82, 2.24) is 19.9 Å². The predicted molar refractivity (Wildman–Crippen MR) is 101 cm³/mol. The summed E-state index contributed by atoms with van der Waals surface area (Å²) in [4.78, 5) is 33.6. The summed E-state index contributed by atoms with van der Waals surface area (Å²) in [7, 11) is 0. The van der Waals surface area contributed by atoms with Crippen molar-refractivity contribution < 1.29 is 4.79 Å². The maximum atomic E-state index is 13.2. The molecule has 9 heteroatoms. The number of hydrogen-bond acceptors (Lipinski definition) is 6. The third-order valence-electron chi connectivity index (χ3n) is 5.01. The van der Waals surface area contributed by atoms with E-state index in [1.807, 2.05) is 6.92 Å². The van der Waals surface area contributed by atoms with Gasteiger partial charge >= 0.3 is 0 Å². The Balaban J connectivity index is 0.00000196. The molecule has 0 unspecified atom stereocenters. The molecule has 1 saturated carbocycles. The normalized spacial score (nSPS) is 17.3. The minimum atomic E-state index is -0.602. The maximum absolute atomic E-state index is 13.2. The number of fused-ring (bicyclic) bond motifs is 2. The molecule has 0 saturated heterocycles. The molecule has 4 rings (SSSR count). The molecule has 26 heavy (non-hydrogen) atoms. The lowest BCUT2D eigenvalue weighted by Crippen LogP contribution is -2.48. The zero-order valence-electron chi connectivity index (χ0n) is 14.4. The molecule has 2 aromatic rings. The molecule has 1 aliphatic heterocycles. The Morgan fingerprint density at radius 2 is 1.92 bits per heavy atom. The summed E-state index contributed by atoms with van der Waals surface area (Å²) in [5, 5.41) is 6.08. The van der Waals surface area contributed by atoms with Crippen LogP contribution in [0.3, 0.4) is 0 Å². The van der Waals surface area contributed by atoms with Gasteiger partial charge in [0.15, 0.2) is 0 Å². The van der Waals surface area contributed by atoms with Gasteiger partial charge in [0, 0.05) is 6.07 Å². The summed E-state index contributed by atoms with van der Waals surface area (Å²) in [6, 6.07) is 3.25. The van der Waals surface area contributed by atoms with Crippen molar-refractivity contribution in [2.24, 2.45) is 0 Å². The number of rotatable bonds is 2. The van der Waals surface area contributed by atoms with Crippen LogP contribution in [0.15, 0.2) is 23.3 Å². The van der Waals surface area contributed by atoms with Gasteiger partial charge in [-0.1, -0.05) is 6.42 Å². The van der Waals surface area contributed by atoms with Crippen LogP contribution in [0.5, 0.6) is 0 Å². The van der Waals surface area contributed by atoms with Crippen LogP contribution in [-0.2, 0) is 5.66 Å². The van der Waals surface area contributed by atoms with Crippen molar-refractivity contribution in [2.75, 3.05) is 11.1 Å². The summed E-state index contributed by atoms with van der Waals surface area (Å²) in [6.07, 6.45) is 5.99. The van der Waals surface area contributed by atoms with E-state index in [1.54, 1.807) is 16.7 Å². The Morgan fingerprint density at radius 1 is 1.19 bits per heavy atom. The summed E-state index contributed by atoms with van der Waals surface area (Å²) < 4.78 is 1.65. The van der Waals surface area contributed by atoms with Crippen molar-refractivity contribution in [2.45, 2.75) is 44.7 Å². The molecule has 2 aliphatic rings. The van der Waals surface area contributed by atoms with E-state index >= 15 is 0 Å². The van der Waals surface area contributed by atoms with E-state index in [4.69, 9.17) is 5.73 Å². The highest BCUT2D eigenvalue weighted by molar-refractivity contribution is 5.97. The molecule has 4 N–H and O–H groups in total. The Morgan fingerprint density at radius 3 is 2.62 bits per heavy atom.